The van der Waals surface area contributed by atoms with E-state index >= 15 is 0 Å². The first kappa shape index (κ1) is 26.6. The number of ether oxygens (including phenoxy) is 1. The Balaban J connectivity index is 1.18. The van der Waals surface area contributed by atoms with E-state index in [0.717, 1.165) is 50.0 Å². The van der Waals surface area contributed by atoms with Crippen LogP contribution in [0.25, 0.3) is 0 Å². The normalized spacial score (nSPS) is 22.4. The van der Waals surface area contributed by atoms with E-state index in [0.29, 0.717) is 30.3 Å². The molecule has 2 aliphatic heterocycles. The summed E-state index contributed by atoms with van der Waals surface area (Å²) >= 11 is 2.28. The molecule has 4 aliphatic rings. The van der Waals surface area contributed by atoms with E-state index in [1.165, 1.54) is 25.3 Å². The highest BCUT2D eigenvalue weighted by molar-refractivity contribution is 14.2. The second-order valence-electron chi connectivity index (χ2n) is 11.2. The summed E-state index contributed by atoms with van der Waals surface area (Å²) in [6, 6.07) is 11.2. The Morgan fingerprint density at radius 2 is 1.89 bits per heavy atom. The maximum absolute atomic E-state index is 13.3. The Bertz CT molecular complexity index is 1340. The lowest BCUT2D eigenvalue weighted by molar-refractivity contribution is -0.128. The summed E-state index contributed by atoms with van der Waals surface area (Å²) in [5.41, 5.74) is 1.06. The molecule has 2 aromatic rings. The number of hydrogen-bond acceptors (Lipinski definition) is 8. The van der Waals surface area contributed by atoms with Crippen LogP contribution >= 0.6 is 30.3 Å². The number of rotatable bonds is 8. The molecular formula is C27H33IN4O4S2. The molecule has 3 heterocycles. The highest BCUT2D eigenvalue weighted by Crippen LogP contribution is 2.46. The average Bonchev–Trinajstić information content (AvgIpc) is 3.64. The second kappa shape index (κ2) is 10.1. The summed E-state index contributed by atoms with van der Waals surface area (Å²) in [5, 5.41) is -0.140. The molecule has 0 unspecified atom stereocenters. The van der Waals surface area contributed by atoms with Crippen LogP contribution in [0, 0.1) is 6.92 Å². The quantitative estimate of drug-likeness (QED) is 0.307. The van der Waals surface area contributed by atoms with Gasteiger partial charge in [0, 0.05) is 53.7 Å². The van der Waals surface area contributed by atoms with E-state index < -0.39 is 21.5 Å². The molecule has 204 valence electrons. The molecule has 2 saturated heterocycles. The minimum atomic E-state index is -4.15. The number of halogens is 1. The number of amides is 1. The number of sulfonamides is 1. The average molecular weight is 669 g/mol. The van der Waals surface area contributed by atoms with Crippen LogP contribution in [0.2, 0.25) is 0 Å². The monoisotopic (exact) mass is 668 g/mol. The number of nitrogens with zero attached hydrogens (tertiary/aromatic N) is 3. The molecule has 0 bridgehead atoms. The van der Waals surface area contributed by atoms with Crippen molar-refractivity contribution in [2.24, 2.45) is 0 Å². The number of benzene rings is 1. The molecule has 8 nitrogen and oxygen atoms in total. The Morgan fingerprint density at radius 3 is 2.55 bits per heavy atom. The molecule has 38 heavy (non-hydrogen) atoms. The van der Waals surface area contributed by atoms with Gasteiger partial charge in [-0.2, -0.15) is 8.42 Å². The molecule has 1 N–H and O–H groups in total. The van der Waals surface area contributed by atoms with Crippen molar-refractivity contribution < 1.29 is 17.9 Å². The van der Waals surface area contributed by atoms with Crippen molar-refractivity contribution in [1.82, 2.24) is 14.0 Å². The number of aryl methyl sites for hydroxylation is 1. The van der Waals surface area contributed by atoms with Crippen molar-refractivity contribution in [2.75, 3.05) is 24.5 Å². The summed E-state index contributed by atoms with van der Waals surface area (Å²) < 4.78 is 37.5. The third kappa shape index (κ3) is 4.92. The third-order valence-corrected chi connectivity index (χ3v) is 11.9. The molecule has 1 spiro atoms. The zero-order chi connectivity index (χ0) is 26.5. The second-order valence-corrected chi connectivity index (χ2v) is 14.7. The Kier molecular flexibility index (Phi) is 7.09. The zero-order valence-electron chi connectivity index (χ0n) is 21.5. The predicted octanol–water partition coefficient (Wildman–Crippen LogP) is 5.12. The zero-order valence-corrected chi connectivity index (χ0v) is 25.3. The van der Waals surface area contributed by atoms with Gasteiger partial charge in [-0.05, 0) is 70.5 Å². The highest BCUT2D eigenvalue weighted by atomic mass is 127. The van der Waals surface area contributed by atoms with Crippen LogP contribution in [0.1, 0.15) is 68.4 Å². The van der Waals surface area contributed by atoms with E-state index in [9.17, 15) is 13.2 Å². The lowest BCUT2D eigenvalue weighted by Crippen LogP contribution is -2.75. The highest BCUT2D eigenvalue weighted by Gasteiger charge is 2.55. The van der Waals surface area contributed by atoms with Gasteiger partial charge in [0.15, 0.2) is 10.6 Å². The van der Waals surface area contributed by atoms with Crippen molar-refractivity contribution in [3.8, 4) is 5.75 Å². The molecule has 1 aromatic heterocycles. The first-order valence-corrected chi connectivity index (χ1v) is 18.2. The maximum atomic E-state index is 13.3. The van der Waals surface area contributed by atoms with Gasteiger partial charge in [0.25, 0.3) is 15.9 Å². The molecule has 4 fully saturated rings. The van der Waals surface area contributed by atoms with Gasteiger partial charge in [0.05, 0.1) is 5.54 Å². The fourth-order valence-electron chi connectivity index (χ4n) is 6.04. The number of nitrogens with one attached hydrogen (secondary N) is 1. The van der Waals surface area contributed by atoms with Gasteiger partial charge in [-0.3, -0.25) is 4.79 Å². The number of pyridine rings is 1. The van der Waals surface area contributed by atoms with Crippen LogP contribution in [0.4, 0.5) is 5.82 Å². The maximum Gasteiger partial charge on any atom is 0.281 e. The molecule has 2 aliphatic carbocycles. The van der Waals surface area contributed by atoms with Crippen LogP contribution < -0.4 is 14.4 Å². The van der Waals surface area contributed by atoms with Crippen LogP contribution in [-0.4, -0.2) is 54.4 Å². The van der Waals surface area contributed by atoms with E-state index in [4.69, 9.17) is 4.74 Å². The summed E-state index contributed by atoms with van der Waals surface area (Å²) in [5.74, 6) is 1.15. The summed E-state index contributed by atoms with van der Waals surface area (Å²) in [6.07, 6.45) is 7.92. The SMILES string of the molecule is Cc1ccc(C2CCCCC2)c(OC2(C(=O)NS(=O)(=O)c3cccc(N4CCC45CN(SI)C5)n3)CC2)c1. The molecule has 11 heteroatoms. The lowest BCUT2D eigenvalue weighted by atomic mass is 9.79. The predicted molar refractivity (Wildman–Crippen MR) is 157 cm³/mol. The Morgan fingerprint density at radius 1 is 1.13 bits per heavy atom. The first-order chi connectivity index (χ1) is 18.2. The van der Waals surface area contributed by atoms with Gasteiger partial charge < -0.3 is 9.64 Å². The lowest BCUT2D eigenvalue weighted by Gasteiger charge is -2.62. The molecule has 6 rings (SSSR count). The van der Waals surface area contributed by atoms with E-state index in [1.54, 1.807) is 15.2 Å². The van der Waals surface area contributed by atoms with Crippen LogP contribution in [-0.2, 0) is 14.8 Å². The smallest absolute Gasteiger partial charge is 0.281 e. The van der Waals surface area contributed by atoms with Crippen LogP contribution in [0.5, 0.6) is 5.75 Å². The number of carbonyl (C=O) groups excluding carboxylic acids is 1. The molecule has 1 amide bonds. The molecule has 2 saturated carbocycles. The molecule has 0 radical (unpaired) electrons. The molecule has 1 aromatic carbocycles. The van der Waals surface area contributed by atoms with Crippen molar-refractivity contribution >= 4 is 52.1 Å². The number of aromatic nitrogens is 1. The molecular weight excluding hydrogens is 635 g/mol. The Labute approximate surface area is 241 Å². The van der Waals surface area contributed by atoms with Crippen molar-refractivity contribution in [1.29, 1.82) is 0 Å². The largest absolute Gasteiger partial charge is 0.477 e. The minimum absolute atomic E-state index is 0.0343. The van der Waals surface area contributed by atoms with Crippen molar-refractivity contribution in [3.63, 3.8) is 0 Å². The van der Waals surface area contributed by atoms with Crippen molar-refractivity contribution in [3.05, 3.63) is 47.5 Å². The minimum Gasteiger partial charge on any atom is -0.477 e. The van der Waals surface area contributed by atoms with Gasteiger partial charge in [-0.25, -0.2) is 14.0 Å². The number of anilines is 1. The summed E-state index contributed by atoms with van der Waals surface area (Å²) in [6.45, 7) is 4.71. The van der Waals surface area contributed by atoms with E-state index in [1.807, 2.05) is 19.1 Å². The molecule has 0 atom stereocenters. The van der Waals surface area contributed by atoms with Gasteiger partial charge >= 0.3 is 0 Å². The first-order valence-electron chi connectivity index (χ1n) is 13.4. The van der Waals surface area contributed by atoms with Crippen LogP contribution in [0.3, 0.4) is 0 Å². The van der Waals surface area contributed by atoms with Gasteiger partial charge in [0.1, 0.15) is 11.6 Å². The van der Waals surface area contributed by atoms with E-state index in [-0.39, 0.29) is 10.6 Å². The summed E-state index contributed by atoms with van der Waals surface area (Å²) in [4.78, 5) is 20.0. The van der Waals surface area contributed by atoms with Crippen molar-refractivity contribution in [2.45, 2.75) is 80.4 Å². The number of carbonyl (C=O) groups is 1. The Hall–Kier alpha value is -1.57. The number of hydrogen-bond donors (Lipinski definition) is 1. The van der Waals surface area contributed by atoms with Gasteiger partial charge in [-0.1, -0.05) is 37.5 Å². The van der Waals surface area contributed by atoms with Crippen LogP contribution in [0.15, 0.2) is 41.4 Å². The third-order valence-electron chi connectivity index (χ3n) is 8.54. The summed E-state index contributed by atoms with van der Waals surface area (Å²) in [7, 11) is -2.45. The fourth-order valence-corrected chi connectivity index (χ4v) is 8.46. The standard InChI is InChI=1S/C27H33IN4O4S2/c1-19-10-11-21(20-6-3-2-4-7-20)22(16-19)36-27(12-13-27)25(33)30-38(34,35)24-9-5-8-23(29-24)32-15-14-26(32)17-31(18-26)37-28/h5,8-11,16,20H,2-4,6-7,12-15,17-18H2,1H3,(H,30,33). The van der Waals surface area contributed by atoms with E-state index in [2.05, 4.69) is 52.2 Å². The fraction of sp³-hybridized carbons (Fsp3) is 0.556. The van der Waals surface area contributed by atoms with Gasteiger partial charge in [-0.15, -0.1) is 0 Å². The topological polar surface area (TPSA) is 91.8 Å². The van der Waals surface area contributed by atoms with Gasteiger partial charge in [0.2, 0.25) is 0 Å².